The Kier molecular flexibility index (Phi) is 3.63. The number of nitrogens with one attached hydrogen (secondary N) is 1. The first-order valence-electron chi connectivity index (χ1n) is 4.78. The van der Waals surface area contributed by atoms with E-state index in [2.05, 4.69) is 37.7 Å². The van der Waals surface area contributed by atoms with Crippen molar-refractivity contribution in [3.63, 3.8) is 0 Å². The Balaban J connectivity index is 2.61. The van der Waals surface area contributed by atoms with Crippen LogP contribution in [0.2, 0.25) is 0 Å². The van der Waals surface area contributed by atoms with Gasteiger partial charge in [0.1, 0.15) is 0 Å². The summed E-state index contributed by atoms with van der Waals surface area (Å²) in [5.74, 6) is -0.166. The van der Waals surface area contributed by atoms with Gasteiger partial charge in [-0.2, -0.15) is 0 Å². The molecule has 0 aromatic carbocycles. The standard InChI is InChI=1S/C11H16N2OS/c1-5-9(14)12-6-8-7-15-10(13-8)11(2,3)4/h5,7H,1,6H2,2-4H3,(H,12,14). The molecule has 0 fully saturated rings. The lowest BCUT2D eigenvalue weighted by molar-refractivity contribution is -0.116. The highest BCUT2D eigenvalue weighted by atomic mass is 32.1. The monoisotopic (exact) mass is 224 g/mol. The molecular formula is C11H16N2OS. The summed E-state index contributed by atoms with van der Waals surface area (Å²) >= 11 is 1.63. The first kappa shape index (κ1) is 11.9. The molecule has 0 aliphatic rings. The molecule has 0 bridgehead atoms. The van der Waals surface area contributed by atoms with E-state index in [1.807, 2.05) is 5.38 Å². The molecule has 0 spiro atoms. The quantitative estimate of drug-likeness (QED) is 0.800. The topological polar surface area (TPSA) is 42.0 Å². The second-order valence-electron chi connectivity index (χ2n) is 4.32. The lowest BCUT2D eigenvalue weighted by Crippen LogP contribution is -2.20. The normalized spacial score (nSPS) is 11.1. The summed E-state index contributed by atoms with van der Waals surface area (Å²) in [7, 11) is 0. The Morgan fingerprint density at radius 3 is 2.80 bits per heavy atom. The van der Waals surface area contributed by atoms with Gasteiger partial charge < -0.3 is 5.32 Å². The fraction of sp³-hybridized carbons (Fsp3) is 0.455. The zero-order valence-corrected chi connectivity index (χ0v) is 10.1. The maximum absolute atomic E-state index is 10.9. The van der Waals surface area contributed by atoms with Gasteiger partial charge in [0, 0.05) is 10.8 Å². The minimum absolute atomic E-state index is 0.0748. The van der Waals surface area contributed by atoms with E-state index in [0.29, 0.717) is 6.54 Å². The summed E-state index contributed by atoms with van der Waals surface area (Å²) in [5.41, 5.74) is 0.978. The van der Waals surface area contributed by atoms with Crippen molar-refractivity contribution in [3.05, 3.63) is 28.7 Å². The summed E-state index contributed by atoms with van der Waals surface area (Å²) in [6, 6.07) is 0. The molecule has 1 amide bonds. The number of carbonyl (C=O) groups excluding carboxylic acids is 1. The predicted octanol–water partition coefficient (Wildman–Crippen LogP) is 2.24. The van der Waals surface area contributed by atoms with Crippen LogP contribution in [0.3, 0.4) is 0 Å². The van der Waals surface area contributed by atoms with E-state index in [1.165, 1.54) is 6.08 Å². The van der Waals surface area contributed by atoms with Crippen LogP contribution in [0.5, 0.6) is 0 Å². The van der Waals surface area contributed by atoms with Crippen molar-refractivity contribution in [1.29, 1.82) is 0 Å². The maximum Gasteiger partial charge on any atom is 0.243 e. The minimum atomic E-state index is -0.166. The molecule has 82 valence electrons. The molecule has 0 saturated heterocycles. The molecule has 1 aromatic rings. The molecule has 0 saturated carbocycles. The number of carbonyl (C=O) groups is 1. The summed E-state index contributed by atoms with van der Waals surface area (Å²) in [4.78, 5) is 15.4. The first-order valence-corrected chi connectivity index (χ1v) is 5.66. The molecular weight excluding hydrogens is 208 g/mol. The smallest absolute Gasteiger partial charge is 0.243 e. The van der Waals surface area contributed by atoms with E-state index < -0.39 is 0 Å². The molecule has 3 nitrogen and oxygen atoms in total. The minimum Gasteiger partial charge on any atom is -0.347 e. The van der Waals surface area contributed by atoms with Crippen molar-refractivity contribution in [3.8, 4) is 0 Å². The Morgan fingerprint density at radius 2 is 2.33 bits per heavy atom. The van der Waals surface area contributed by atoms with Gasteiger partial charge in [0.15, 0.2) is 0 Å². The van der Waals surface area contributed by atoms with Crippen LogP contribution >= 0.6 is 11.3 Å². The molecule has 0 aliphatic carbocycles. The van der Waals surface area contributed by atoms with Gasteiger partial charge in [-0.15, -0.1) is 11.3 Å². The van der Waals surface area contributed by atoms with Gasteiger partial charge in [-0.05, 0) is 6.08 Å². The van der Waals surface area contributed by atoms with E-state index in [-0.39, 0.29) is 11.3 Å². The van der Waals surface area contributed by atoms with Crippen LogP contribution in [0.15, 0.2) is 18.0 Å². The second kappa shape index (κ2) is 4.57. The molecule has 1 rings (SSSR count). The molecule has 0 radical (unpaired) electrons. The van der Waals surface area contributed by atoms with E-state index in [9.17, 15) is 4.79 Å². The van der Waals surface area contributed by atoms with Gasteiger partial charge in [-0.25, -0.2) is 4.98 Å². The molecule has 0 atom stereocenters. The summed E-state index contributed by atoms with van der Waals surface area (Å²) in [5, 5.41) is 5.76. The van der Waals surface area contributed by atoms with Crippen LogP contribution in [-0.4, -0.2) is 10.9 Å². The molecule has 4 heteroatoms. The average molecular weight is 224 g/mol. The van der Waals surface area contributed by atoms with Crippen molar-refractivity contribution in [2.45, 2.75) is 32.7 Å². The number of hydrogen-bond donors (Lipinski definition) is 1. The lowest BCUT2D eigenvalue weighted by atomic mass is 9.98. The van der Waals surface area contributed by atoms with Crippen molar-refractivity contribution in [2.24, 2.45) is 0 Å². The second-order valence-corrected chi connectivity index (χ2v) is 5.17. The third-order valence-corrected chi connectivity index (χ3v) is 3.14. The number of aromatic nitrogens is 1. The van der Waals surface area contributed by atoms with Crippen LogP contribution in [-0.2, 0) is 16.8 Å². The van der Waals surface area contributed by atoms with Crippen LogP contribution in [0.4, 0.5) is 0 Å². The summed E-state index contributed by atoms with van der Waals surface area (Å²) in [6.07, 6.45) is 1.26. The molecule has 15 heavy (non-hydrogen) atoms. The van der Waals surface area contributed by atoms with Crippen LogP contribution in [0.25, 0.3) is 0 Å². The number of thiazole rings is 1. The number of rotatable bonds is 3. The predicted molar refractivity (Wildman–Crippen MR) is 62.9 cm³/mol. The fourth-order valence-corrected chi connectivity index (χ4v) is 1.89. The van der Waals surface area contributed by atoms with Gasteiger partial charge >= 0.3 is 0 Å². The average Bonchev–Trinajstić information content (AvgIpc) is 2.61. The summed E-state index contributed by atoms with van der Waals surface area (Å²) in [6.45, 7) is 10.2. The highest BCUT2D eigenvalue weighted by Crippen LogP contribution is 2.25. The SMILES string of the molecule is C=CC(=O)NCc1csc(C(C)(C)C)n1. The van der Waals surface area contributed by atoms with Gasteiger partial charge in [0.05, 0.1) is 17.2 Å². The highest BCUT2D eigenvalue weighted by molar-refractivity contribution is 7.09. The molecule has 0 aliphatic heterocycles. The van der Waals surface area contributed by atoms with E-state index >= 15 is 0 Å². The van der Waals surface area contributed by atoms with Crippen LogP contribution in [0, 0.1) is 0 Å². The first-order chi connectivity index (χ1) is 6.93. The zero-order valence-electron chi connectivity index (χ0n) is 9.33. The lowest BCUT2D eigenvalue weighted by Gasteiger charge is -2.13. The van der Waals surface area contributed by atoms with Crippen molar-refractivity contribution >= 4 is 17.2 Å². The third-order valence-electron chi connectivity index (χ3n) is 1.82. The van der Waals surface area contributed by atoms with Gasteiger partial charge in [0.2, 0.25) is 5.91 Å². The third kappa shape index (κ3) is 3.47. The van der Waals surface area contributed by atoms with E-state index in [4.69, 9.17) is 0 Å². The van der Waals surface area contributed by atoms with E-state index in [1.54, 1.807) is 11.3 Å². The molecule has 1 heterocycles. The van der Waals surface area contributed by atoms with Crippen molar-refractivity contribution in [1.82, 2.24) is 10.3 Å². The van der Waals surface area contributed by atoms with Crippen molar-refractivity contribution in [2.75, 3.05) is 0 Å². The van der Waals surface area contributed by atoms with Crippen molar-refractivity contribution < 1.29 is 4.79 Å². The number of amides is 1. The van der Waals surface area contributed by atoms with Gasteiger partial charge in [-0.3, -0.25) is 4.79 Å². The molecule has 0 unspecified atom stereocenters. The van der Waals surface area contributed by atoms with Gasteiger partial charge in [0.25, 0.3) is 0 Å². The Morgan fingerprint density at radius 1 is 1.67 bits per heavy atom. The Labute approximate surface area is 94.2 Å². The van der Waals surface area contributed by atoms with Gasteiger partial charge in [-0.1, -0.05) is 27.4 Å². The van der Waals surface area contributed by atoms with Crippen LogP contribution in [0.1, 0.15) is 31.5 Å². The number of nitrogens with zero attached hydrogens (tertiary/aromatic N) is 1. The molecule has 1 aromatic heterocycles. The number of hydrogen-bond acceptors (Lipinski definition) is 3. The summed E-state index contributed by atoms with van der Waals surface area (Å²) < 4.78 is 0. The van der Waals surface area contributed by atoms with Crippen LogP contribution < -0.4 is 5.32 Å². The molecule has 1 N–H and O–H groups in total. The maximum atomic E-state index is 10.9. The Bertz CT molecular complexity index is 363. The largest absolute Gasteiger partial charge is 0.347 e. The zero-order chi connectivity index (χ0) is 11.5. The highest BCUT2D eigenvalue weighted by Gasteiger charge is 2.17. The van der Waals surface area contributed by atoms with E-state index in [0.717, 1.165) is 10.7 Å². The Hall–Kier alpha value is -1.16. The fourth-order valence-electron chi connectivity index (χ4n) is 0.982.